The maximum absolute atomic E-state index is 13.3. The van der Waals surface area contributed by atoms with Gasteiger partial charge < -0.3 is 20.2 Å². The summed E-state index contributed by atoms with van der Waals surface area (Å²) in [6, 6.07) is 3.45. The first-order valence-electron chi connectivity index (χ1n) is 9.13. The van der Waals surface area contributed by atoms with Gasteiger partial charge in [0.15, 0.2) is 0 Å². The molecule has 1 saturated heterocycles. The lowest BCUT2D eigenvalue weighted by atomic mass is 9.84. The molecule has 1 aromatic rings. The van der Waals surface area contributed by atoms with Crippen molar-refractivity contribution in [3.63, 3.8) is 0 Å². The van der Waals surface area contributed by atoms with E-state index in [1.165, 1.54) is 15.9 Å². The molecule has 2 aliphatic rings. The van der Waals surface area contributed by atoms with E-state index in [1.807, 2.05) is 0 Å². The highest BCUT2D eigenvalue weighted by molar-refractivity contribution is 6.34. The molecule has 3 atom stereocenters. The van der Waals surface area contributed by atoms with Crippen molar-refractivity contribution in [3.05, 3.63) is 28.8 Å². The van der Waals surface area contributed by atoms with E-state index in [-0.39, 0.29) is 34.5 Å². The zero-order valence-electron chi connectivity index (χ0n) is 15.4. The van der Waals surface area contributed by atoms with Crippen molar-refractivity contribution >= 4 is 35.2 Å². The number of urea groups is 1. The molecule has 1 saturated carbocycles. The fourth-order valence-electron chi connectivity index (χ4n) is 4.11. The molecule has 2 fully saturated rings. The van der Waals surface area contributed by atoms with Gasteiger partial charge in [0.05, 0.1) is 10.6 Å². The predicted molar refractivity (Wildman–Crippen MR) is 102 cm³/mol. The van der Waals surface area contributed by atoms with Gasteiger partial charge in [0.2, 0.25) is 0 Å². The fraction of sp³-hybridized carbons (Fsp3) is 0.526. The molecule has 0 aromatic heterocycles. The molecule has 0 bridgehead atoms. The van der Waals surface area contributed by atoms with Crippen molar-refractivity contribution < 1.29 is 19.5 Å². The summed E-state index contributed by atoms with van der Waals surface area (Å²) in [4.78, 5) is 39.8. The Bertz CT molecular complexity index is 767. The summed E-state index contributed by atoms with van der Waals surface area (Å²) in [5, 5.41) is 12.6. The van der Waals surface area contributed by atoms with E-state index in [2.05, 4.69) is 5.32 Å². The van der Waals surface area contributed by atoms with Crippen molar-refractivity contribution in [2.45, 2.75) is 44.2 Å². The van der Waals surface area contributed by atoms with Crippen molar-refractivity contribution in [1.82, 2.24) is 9.80 Å². The minimum absolute atomic E-state index is 0.0663. The predicted octanol–water partition coefficient (Wildman–Crippen LogP) is 3.29. The minimum Gasteiger partial charge on any atom is -0.480 e. The number of carboxylic acid groups (broad SMARTS) is 1. The quantitative estimate of drug-likeness (QED) is 0.824. The van der Waals surface area contributed by atoms with Crippen LogP contribution in [0.1, 0.15) is 42.5 Å². The van der Waals surface area contributed by atoms with Gasteiger partial charge in [-0.25, -0.2) is 9.59 Å². The first kappa shape index (κ1) is 19.5. The number of hydrogen-bond donors (Lipinski definition) is 2. The van der Waals surface area contributed by atoms with Gasteiger partial charge in [-0.05, 0) is 43.4 Å². The number of aliphatic carboxylic acids is 1. The summed E-state index contributed by atoms with van der Waals surface area (Å²) >= 11 is 6.25. The number of halogens is 1. The molecule has 2 N–H and O–H groups in total. The number of carbonyl (C=O) groups is 3. The molecule has 8 heteroatoms. The molecular weight excluding hydrogens is 370 g/mol. The number of amides is 3. The third kappa shape index (κ3) is 3.88. The number of carbonyl (C=O) groups excluding carboxylic acids is 2. The Balaban J connectivity index is 1.91. The fourth-order valence-corrected chi connectivity index (χ4v) is 4.31. The SMILES string of the molecule is CN(C)C(=O)Nc1ccc(Cl)c(C(=O)N2C(C(=O)O)CC3CCCCC32)c1. The van der Waals surface area contributed by atoms with E-state index in [0.29, 0.717) is 12.1 Å². The Labute approximate surface area is 163 Å². The first-order chi connectivity index (χ1) is 12.8. The molecule has 27 heavy (non-hydrogen) atoms. The van der Waals surface area contributed by atoms with Gasteiger partial charge in [-0.2, -0.15) is 0 Å². The zero-order valence-corrected chi connectivity index (χ0v) is 16.2. The normalized spacial score (nSPS) is 24.3. The maximum Gasteiger partial charge on any atom is 0.326 e. The van der Waals surface area contributed by atoms with Gasteiger partial charge in [-0.1, -0.05) is 24.4 Å². The summed E-state index contributed by atoms with van der Waals surface area (Å²) in [7, 11) is 3.23. The van der Waals surface area contributed by atoms with E-state index in [1.54, 1.807) is 26.2 Å². The highest BCUT2D eigenvalue weighted by Crippen LogP contribution is 2.41. The Morgan fingerprint density at radius 3 is 2.59 bits per heavy atom. The van der Waals surface area contributed by atoms with Crippen molar-refractivity contribution in [1.29, 1.82) is 0 Å². The minimum atomic E-state index is -0.981. The number of benzene rings is 1. The van der Waals surface area contributed by atoms with E-state index < -0.39 is 12.0 Å². The second-order valence-corrected chi connectivity index (χ2v) is 7.84. The monoisotopic (exact) mass is 393 g/mol. The Kier molecular flexibility index (Phi) is 5.60. The number of hydrogen-bond acceptors (Lipinski definition) is 3. The van der Waals surface area contributed by atoms with Crippen LogP contribution in [0.4, 0.5) is 10.5 Å². The zero-order chi connectivity index (χ0) is 19.7. The number of carboxylic acids is 1. The summed E-state index contributed by atoms with van der Waals surface area (Å²) in [5.74, 6) is -1.15. The highest BCUT2D eigenvalue weighted by Gasteiger charge is 2.48. The van der Waals surface area contributed by atoms with Crippen LogP contribution >= 0.6 is 11.6 Å². The Hall–Kier alpha value is -2.28. The third-order valence-corrected chi connectivity index (χ3v) is 5.79. The lowest BCUT2D eigenvalue weighted by molar-refractivity contribution is -0.141. The second-order valence-electron chi connectivity index (χ2n) is 7.43. The van der Waals surface area contributed by atoms with Gasteiger partial charge in [-0.15, -0.1) is 0 Å². The van der Waals surface area contributed by atoms with Crippen LogP contribution in [0.5, 0.6) is 0 Å². The summed E-state index contributed by atoms with van der Waals surface area (Å²) < 4.78 is 0. The van der Waals surface area contributed by atoms with E-state index in [4.69, 9.17) is 11.6 Å². The molecule has 3 rings (SSSR count). The smallest absolute Gasteiger partial charge is 0.326 e. The first-order valence-corrected chi connectivity index (χ1v) is 9.50. The molecule has 1 aromatic carbocycles. The summed E-state index contributed by atoms with van der Waals surface area (Å²) in [6.45, 7) is 0. The maximum atomic E-state index is 13.3. The number of likely N-dealkylation sites (tertiary alicyclic amines) is 1. The third-order valence-electron chi connectivity index (χ3n) is 5.46. The van der Waals surface area contributed by atoms with E-state index >= 15 is 0 Å². The van der Waals surface area contributed by atoms with Crippen LogP contribution in [-0.4, -0.2) is 59.0 Å². The van der Waals surface area contributed by atoms with Gasteiger partial charge in [0.1, 0.15) is 6.04 Å². The average Bonchev–Trinajstić information content (AvgIpc) is 3.02. The molecule has 1 aliphatic heterocycles. The lowest BCUT2D eigenvalue weighted by Crippen LogP contribution is -2.46. The number of rotatable bonds is 3. The molecule has 146 valence electrons. The number of nitrogens with zero attached hydrogens (tertiary/aromatic N) is 2. The van der Waals surface area contributed by atoms with Gasteiger partial charge in [0, 0.05) is 25.8 Å². The standard InChI is InChI=1S/C19H24ClN3O4/c1-22(2)19(27)21-12-7-8-14(20)13(10-12)17(24)23-15-6-4-3-5-11(15)9-16(23)18(25)26/h7-8,10-11,15-16H,3-6,9H2,1-2H3,(H,21,27)(H,25,26). The van der Waals surface area contributed by atoms with Gasteiger partial charge in [0.25, 0.3) is 5.91 Å². The molecule has 1 heterocycles. The summed E-state index contributed by atoms with van der Waals surface area (Å²) in [5.41, 5.74) is 0.651. The highest BCUT2D eigenvalue weighted by atomic mass is 35.5. The van der Waals surface area contributed by atoms with Crippen LogP contribution in [0.3, 0.4) is 0 Å². The van der Waals surface area contributed by atoms with Crippen molar-refractivity contribution in [2.24, 2.45) is 5.92 Å². The van der Waals surface area contributed by atoms with Crippen LogP contribution in [0.25, 0.3) is 0 Å². The lowest BCUT2D eigenvalue weighted by Gasteiger charge is -2.33. The second kappa shape index (κ2) is 7.76. The van der Waals surface area contributed by atoms with Crippen LogP contribution in [0.15, 0.2) is 18.2 Å². The van der Waals surface area contributed by atoms with Crippen molar-refractivity contribution in [3.8, 4) is 0 Å². The van der Waals surface area contributed by atoms with Gasteiger partial charge in [-0.3, -0.25) is 4.79 Å². The van der Waals surface area contributed by atoms with Crippen LogP contribution in [-0.2, 0) is 4.79 Å². The van der Waals surface area contributed by atoms with Gasteiger partial charge >= 0.3 is 12.0 Å². The van der Waals surface area contributed by atoms with Crippen LogP contribution in [0, 0.1) is 5.92 Å². The number of fused-ring (bicyclic) bond motifs is 1. The van der Waals surface area contributed by atoms with E-state index in [9.17, 15) is 19.5 Å². The van der Waals surface area contributed by atoms with Crippen molar-refractivity contribution in [2.75, 3.05) is 19.4 Å². The molecular formula is C19H24ClN3O4. The van der Waals surface area contributed by atoms with E-state index in [0.717, 1.165) is 25.7 Å². The topological polar surface area (TPSA) is 90.0 Å². The Morgan fingerprint density at radius 1 is 1.22 bits per heavy atom. The molecule has 3 amide bonds. The number of nitrogens with one attached hydrogen (secondary N) is 1. The molecule has 1 aliphatic carbocycles. The van der Waals surface area contributed by atoms with Crippen LogP contribution in [0.2, 0.25) is 5.02 Å². The average molecular weight is 394 g/mol. The number of anilines is 1. The van der Waals surface area contributed by atoms with Crippen LogP contribution < -0.4 is 5.32 Å². The molecule has 0 spiro atoms. The Morgan fingerprint density at radius 2 is 1.93 bits per heavy atom. The molecule has 7 nitrogen and oxygen atoms in total. The molecule has 3 unspecified atom stereocenters. The largest absolute Gasteiger partial charge is 0.480 e. The molecule has 0 radical (unpaired) electrons. The summed E-state index contributed by atoms with van der Waals surface area (Å²) in [6.07, 6.45) is 4.31.